The summed E-state index contributed by atoms with van der Waals surface area (Å²) < 4.78 is 22.8. The Morgan fingerprint density at radius 3 is 1.29 bits per heavy atom. The molecule has 0 saturated carbocycles. The van der Waals surface area contributed by atoms with E-state index in [1.54, 1.807) is 6.08 Å². The number of unbranched alkanes of at least 4 members (excludes halogenated alkanes) is 30. The Balaban J connectivity index is 1.70. The van der Waals surface area contributed by atoms with Crippen molar-refractivity contribution in [2.75, 3.05) is 19.8 Å². The number of amides is 1. The van der Waals surface area contributed by atoms with E-state index in [0.29, 0.717) is 12.8 Å². The Hall–Kier alpha value is -2.83. The summed E-state index contributed by atoms with van der Waals surface area (Å²) in [6.45, 7) is 2.68. The van der Waals surface area contributed by atoms with Gasteiger partial charge in [0.2, 0.25) is 5.91 Å². The van der Waals surface area contributed by atoms with Gasteiger partial charge in [0, 0.05) is 6.42 Å². The molecule has 12 atom stereocenters. The van der Waals surface area contributed by atoms with Crippen LogP contribution in [0.25, 0.3) is 0 Å². The standard InChI is InChI=1S/C71H125NO13/c1-3-5-7-9-11-13-15-17-19-21-23-25-27-28-29-30-31-32-33-35-37-39-41-43-45-47-49-51-53-55-63(76)72-59(58-82-70-68(81)66(79)69(62(57-74)84-70)85-71-67(80)65(78)64(77)61(56-73)83-71)60(75)54-52-50-48-46-44-42-40-38-36-34-26-24-22-20-18-16-14-12-10-8-6-4-2/h5,7,11,13,17,19,23,25,36,38,44,46,52,54,59-62,64-71,73-75,77-81H,3-4,6,8-10,12,14-16,18,20-22,24,26-35,37,39-43,45,47-51,53,55-58H2,1-2H3,(H,72,76)/b7-5-,13-11-,19-17-,25-23-,38-36+,46-44+,54-52+. The van der Waals surface area contributed by atoms with Crippen molar-refractivity contribution in [3.63, 3.8) is 0 Å². The third-order valence-corrected chi connectivity index (χ3v) is 16.3. The Labute approximate surface area is 516 Å². The minimum absolute atomic E-state index is 0.254. The van der Waals surface area contributed by atoms with Gasteiger partial charge in [0.15, 0.2) is 12.6 Å². The first-order chi connectivity index (χ1) is 41.6. The molecular formula is C71H125NO13. The molecule has 2 aliphatic heterocycles. The van der Waals surface area contributed by atoms with Gasteiger partial charge in [-0.25, -0.2) is 0 Å². The number of ether oxygens (including phenoxy) is 4. The number of nitrogens with one attached hydrogen (secondary N) is 1. The molecule has 85 heavy (non-hydrogen) atoms. The number of carbonyl (C=O) groups is 1. The lowest BCUT2D eigenvalue weighted by Crippen LogP contribution is -2.65. The van der Waals surface area contributed by atoms with Crippen molar-refractivity contribution in [1.82, 2.24) is 5.32 Å². The molecule has 492 valence electrons. The molecular weight excluding hydrogens is 1070 g/mol. The van der Waals surface area contributed by atoms with Gasteiger partial charge in [-0.2, -0.15) is 0 Å². The van der Waals surface area contributed by atoms with Crippen molar-refractivity contribution in [1.29, 1.82) is 0 Å². The number of rotatable bonds is 55. The highest BCUT2D eigenvalue weighted by molar-refractivity contribution is 5.76. The Morgan fingerprint density at radius 2 is 0.824 bits per heavy atom. The van der Waals surface area contributed by atoms with E-state index < -0.39 is 86.8 Å². The highest BCUT2D eigenvalue weighted by atomic mass is 16.7. The van der Waals surface area contributed by atoms with Crippen LogP contribution in [0.2, 0.25) is 0 Å². The summed E-state index contributed by atoms with van der Waals surface area (Å²) in [5.41, 5.74) is 0. The first-order valence-electron chi connectivity index (χ1n) is 34.3. The molecule has 2 heterocycles. The maximum absolute atomic E-state index is 13.3. The van der Waals surface area contributed by atoms with Gasteiger partial charge in [-0.05, 0) is 83.5 Å². The third-order valence-electron chi connectivity index (χ3n) is 16.3. The van der Waals surface area contributed by atoms with Gasteiger partial charge in [0.1, 0.15) is 48.8 Å². The molecule has 2 fully saturated rings. The first-order valence-corrected chi connectivity index (χ1v) is 34.3. The zero-order valence-electron chi connectivity index (χ0n) is 53.3. The summed E-state index contributed by atoms with van der Waals surface area (Å²) in [4.78, 5) is 13.3. The van der Waals surface area contributed by atoms with Crippen LogP contribution in [-0.2, 0) is 23.7 Å². The van der Waals surface area contributed by atoms with Crippen LogP contribution >= 0.6 is 0 Å². The smallest absolute Gasteiger partial charge is 0.220 e. The predicted octanol–water partition coefficient (Wildman–Crippen LogP) is 13.6. The number of allylic oxidation sites excluding steroid dienone is 13. The van der Waals surface area contributed by atoms with Crippen LogP contribution in [0.5, 0.6) is 0 Å². The molecule has 0 aliphatic carbocycles. The molecule has 14 nitrogen and oxygen atoms in total. The fourth-order valence-corrected chi connectivity index (χ4v) is 10.8. The van der Waals surface area contributed by atoms with Crippen molar-refractivity contribution < 1.29 is 64.6 Å². The lowest BCUT2D eigenvalue weighted by molar-refractivity contribution is -0.359. The Bertz CT molecular complexity index is 1750. The third kappa shape index (κ3) is 39.7. The summed E-state index contributed by atoms with van der Waals surface area (Å²) in [6.07, 6.45) is 59.2. The van der Waals surface area contributed by atoms with Crippen LogP contribution in [0.4, 0.5) is 0 Å². The van der Waals surface area contributed by atoms with Crippen LogP contribution in [0.1, 0.15) is 264 Å². The SMILES string of the molecule is CC/C=C\C/C=C\C/C=C\C/C=C\CCCCCCCCCCCCCCCCCCC(=O)NC(COC1OC(CO)C(OC2OC(CO)C(O)C(O)C2O)C(O)C1O)C(O)/C=C/CC/C=C/CC/C=C/CCCCCCCCCCCCCC. The normalized spacial score (nSPS) is 24.1. The minimum atomic E-state index is -1.80. The Kier molecular flexibility index (Phi) is 50.9. The quantitative estimate of drug-likeness (QED) is 0.0204. The number of carbonyl (C=O) groups excluding carboxylic acids is 1. The highest BCUT2D eigenvalue weighted by Crippen LogP contribution is 2.30. The minimum Gasteiger partial charge on any atom is -0.394 e. The molecule has 12 unspecified atom stereocenters. The van der Waals surface area contributed by atoms with Crippen LogP contribution in [-0.4, -0.2) is 140 Å². The highest BCUT2D eigenvalue weighted by Gasteiger charge is 2.51. The second-order valence-corrected chi connectivity index (χ2v) is 23.9. The fraction of sp³-hybridized carbons (Fsp3) is 0.789. The average Bonchev–Trinajstić information content (AvgIpc) is 3.69. The number of hydrogen-bond acceptors (Lipinski definition) is 13. The van der Waals surface area contributed by atoms with E-state index in [2.05, 4.69) is 92.1 Å². The molecule has 2 aliphatic rings. The lowest BCUT2D eigenvalue weighted by atomic mass is 9.97. The van der Waals surface area contributed by atoms with Gasteiger partial charge in [-0.3, -0.25) is 4.79 Å². The maximum Gasteiger partial charge on any atom is 0.220 e. The van der Waals surface area contributed by atoms with Gasteiger partial charge < -0.3 is 65.1 Å². The molecule has 9 N–H and O–H groups in total. The van der Waals surface area contributed by atoms with Crippen LogP contribution in [0.3, 0.4) is 0 Å². The van der Waals surface area contributed by atoms with Crippen molar-refractivity contribution in [3.05, 3.63) is 85.1 Å². The maximum atomic E-state index is 13.3. The monoisotopic (exact) mass is 1200 g/mol. The summed E-state index contributed by atoms with van der Waals surface area (Å²) in [7, 11) is 0. The van der Waals surface area contributed by atoms with E-state index >= 15 is 0 Å². The van der Waals surface area contributed by atoms with Crippen LogP contribution < -0.4 is 5.32 Å². The molecule has 14 heteroatoms. The van der Waals surface area contributed by atoms with E-state index in [9.17, 15) is 45.6 Å². The largest absolute Gasteiger partial charge is 0.394 e. The van der Waals surface area contributed by atoms with E-state index in [0.717, 1.165) is 70.6 Å². The molecule has 0 aromatic heterocycles. The summed E-state index contributed by atoms with van der Waals surface area (Å²) >= 11 is 0. The summed E-state index contributed by atoms with van der Waals surface area (Å²) in [5, 5.41) is 87.4. The van der Waals surface area contributed by atoms with E-state index in [1.807, 2.05) is 6.08 Å². The van der Waals surface area contributed by atoms with E-state index in [-0.39, 0.29) is 18.9 Å². The van der Waals surface area contributed by atoms with Crippen LogP contribution in [0.15, 0.2) is 85.1 Å². The van der Waals surface area contributed by atoms with Crippen molar-refractivity contribution in [2.45, 2.75) is 338 Å². The topological polar surface area (TPSA) is 228 Å². The van der Waals surface area contributed by atoms with Gasteiger partial charge in [-0.1, -0.05) is 259 Å². The lowest BCUT2D eigenvalue weighted by Gasteiger charge is -2.46. The predicted molar refractivity (Wildman–Crippen MR) is 346 cm³/mol. The second-order valence-electron chi connectivity index (χ2n) is 23.9. The van der Waals surface area contributed by atoms with Gasteiger partial charge in [0.25, 0.3) is 0 Å². The molecule has 0 spiro atoms. The molecule has 1 amide bonds. The number of aliphatic hydroxyl groups excluding tert-OH is 8. The molecule has 0 radical (unpaired) electrons. The van der Waals surface area contributed by atoms with Crippen molar-refractivity contribution >= 4 is 5.91 Å². The van der Waals surface area contributed by atoms with Gasteiger partial charge >= 0.3 is 0 Å². The molecule has 0 aromatic carbocycles. The van der Waals surface area contributed by atoms with Gasteiger partial charge in [-0.15, -0.1) is 0 Å². The first kappa shape index (κ1) is 78.3. The summed E-state index contributed by atoms with van der Waals surface area (Å²) in [6, 6.07) is -0.943. The molecule has 0 bridgehead atoms. The van der Waals surface area contributed by atoms with Crippen LogP contribution in [0, 0.1) is 0 Å². The summed E-state index contributed by atoms with van der Waals surface area (Å²) in [5.74, 6) is -0.254. The van der Waals surface area contributed by atoms with Crippen molar-refractivity contribution in [2.24, 2.45) is 0 Å². The average molecular weight is 1200 g/mol. The molecule has 0 aromatic rings. The zero-order valence-corrected chi connectivity index (χ0v) is 53.3. The van der Waals surface area contributed by atoms with E-state index in [4.69, 9.17) is 18.9 Å². The van der Waals surface area contributed by atoms with E-state index in [1.165, 1.54) is 161 Å². The fourth-order valence-electron chi connectivity index (χ4n) is 10.8. The molecule has 2 saturated heterocycles. The Morgan fingerprint density at radius 1 is 0.435 bits per heavy atom. The second kappa shape index (κ2) is 55.3. The van der Waals surface area contributed by atoms with Gasteiger partial charge in [0.05, 0.1) is 32.0 Å². The number of aliphatic hydroxyl groups is 8. The zero-order chi connectivity index (χ0) is 61.6. The van der Waals surface area contributed by atoms with Crippen molar-refractivity contribution in [3.8, 4) is 0 Å². The number of hydrogen-bond donors (Lipinski definition) is 9. The molecule has 2 rings (SSSR count).